The molecular formula is C13H20N2O. The van der Waals surface area contributed by atoms with Crippen LogP contribution in [0.25, 0.3) is 0 Å². The lowest BCUT2D eigenvalue weighted by atomic mass is 10.2. The Labute approximate surface area is 97.5 Å². The number of pyridine rings is 1. The van der Waals surface area contributed by atoms with E-state index in [-0.39, 0.29) is 0 Å². The predicted octanol–water partition coefficient (Wildman–Crippen LogP) is 2.53. The predicted molar refractivity (Wildman–Crippen MR) is 66.5 cm³/mol. The second-order valence-corrected chi connectivity index (χ2v) is 3.93. The molecule has 0 bridgehead atoms. The van der Waals surface area contributed by atoms with Crippen LogP contribution in [0.5, 0.6) is 5.88 Å². The molecule has 3 heteroatoms. The van der Waals surface area contributed by atoms with Crippen molar-refractivity contribution in [1.82, 2.24) is 10.3 Å². The van der Waals surface area contributed by atoms with E-state index in [9.17, 15) is 0 Å². The molecule has 0 aliphatic carbocycles. The van der Waals surface area contributed by atoms with Crippen molar-refractivity contribution in [2.45, 2.75) is 32.9 Å². The van der Waals surface area contributed by atoms with Gasteiger partial charge in [-0.15, -0.1) is 6.58 Å². The van der Waals surface area contributed by atoms with Crippen LogP contribution >= 0.6 is 0 Å². The molecule has 0 saturated carbocycles. The van der Waals surface area contributed by atoms with Crippen LogP contribution in [0.2, 0.25) is 0 Å². The largest absolute Gasteiger partial charge is 0.477 e. The number of hydrogen-bond donors (Lipinski definition) is 1. The molecule has 0 amide bonds. The highest BCUT2D eigenvalue weighted by Gasteiger charge is 2.04. The summed E-state index contributed by atoms with van der Waals surface area (Å²) in [4.78, 5) is 4.23. The van der Waals surface area contributed by atoms with Crippen LogP contribution in [-0.2, 0) is 6.54 Å². The summed E-state index contributed by atoms with van der Waals surface area (Å²) in [5.41, 5.74) is 1.10. The summed E-state index contributed by atoms with van der Waals surface area (Å²) >= 11 is 0. The van der Waals surface area contributed by atoms with Crippen LogP contribution in [0.4, 0.5) is 0 Å². The molecule has 0 atom stereocenters. The second kappa shape index (κ2) is 7.01. The molecule has 1 N–H and O–H groups in total. The van der Waals surface area contributed by atoms with Gasteiger partial charge in [-0.05, 0) is 12.5 Å². The summed E-state index contributed by atoms with van der Waals surface area (Å²) in [6, 6.07) is 4.42. The topological polar surface area (TPSA) is 34.1 Å². The molecule has 0 aliphatic heterocycles. The molecule has 88 valence electrons. The molecule has 0 fully saturated rings. The number of hydrogen-bond acceptors (Lipinski definition) is 3. The molecule has 0 aliphatic rings. The number of ether oxygens (including phenoxy) is 1. The molecule has 16 heavy (non-hydrogen) atoms. The highest BCUT2D eigenvalue weighted by Crippen LogP contribution is 2.14. The average Bonchev–Trinajstić information content (AvgIpc) is 2.28. The molecule has 0 aromatic carbocycles. The maximum Gasteiger partial charge on any atom is 0.217 e. The number of nitrogens with one attached hydrogen (secondary N) is 1. The van der Waals surface area contributed by atoms with E-state index in [4.69, 9.17) is 4.74 Å². The van der Waals surface area contributed by atoms with Gasteiger partial charge in [0.2, 0.25) is 5.88 Å². The van der Waals surface area contributed by atoms with Crippen LogP contribution in [0, 0.1) is 0 Å². The maximum absolute atomic E-state index is 5.59. The van der Waals surface area contributed by atoms with Crippen LogP contribution < -0.4 is 10.1 Å². The van der Waals surface area contributed by atoms with Gasteiger partial charge in [-0.2, -0.15) is 0 Å². The van der Waals surface area contributed by atoms with E-state index in [1.165, 1.54) is 0 Å². The minimum atomic E-state index is 0.459. The summed E-state index contributed by atoms with van der Waals surface area (Å²) in [7, 11) is 0. The molecule has 0 radical (unpaired) electrons. The van der Waals surface area contributed by atoms with Gasteiger partial charge in [0.1, 0.15) is 0 Å². The Morgan fingerprint density at radius 2 is 2.38 bits per heavy atom. The zero-order valence-electron chi connectivity index (χ0n) is 10.1. The van der Waals surface area contributed by atoms with Crippen molar-refractivity contribution >= 4 is 0 Å². The average molecular weight is 220 g/mol. The molecule has 1 aromatic heterocycles. The standard InChI is InChI=1S/C13H20N2O/c1-4-5-9-16-13-12(7-6-8-14-13)10-15-11(2)3/h4,6-8,11,15H,1,5,9-10H2,2-3H3. The third kappa shape index (κ3) is 4.45. The quantitative estimate of drug-likeness (QED) is 0.566. The SMILES string of the molecule is C=CCCOc1ncccc1CNC(C)C. The van der Waals surface area contributed by atoms with Crippen LogP contribution in [0.1, 0.15) is 25.8 Å². The van der Waals surface area contributed by atoms with E-state index in [1.54, 1.807) is 6.20 Å². The fourth-order valence-electron chi connectivity index (χ4n) is 1.24. The van der Waals surface area contributed by atoms with E-state index < -0.39 is 0 Å². The zero-order chi connectivity index (χ0) is 11.8. The highest BCUT2D eigenvalue weighted by atomic mass is 16.5. The Hall–Kier alpha value is -1.35. The van der Waals surface area contributed by atoms with Crippen molar-refractivity contribution in [3.63, 3.8) is 0 Å². The van der Waals surface area contributed by atoms with E-state index in [0.29, 0.717) is 12.6 Å². The van der Waals surface area contributed by atoms with E-state index >= 15 is 0 Å². The summed E-state index contributed by atoms with van der Waals surface area (Å²) in [5.74, 6) is 0.720. The molecule has 1 aromatic rings. The normalized spacial score (nSPS) is 10.4. The van der Waals surface area contributed by atoms with Gasteiger partial charge < -0.3 is 10.1 Å². The third-order valence-electron chi connectivity index (χ3n) is 2.11. The first-order valence-corrected chi connectivity index (χ1v) is 5.65. The monoisotopic (exact) mass is 220 g/mol. The number of aromatic nitrogens is 1. The summed E-state index contributed by atoms with van der Waals surface area (Å²) in [5, 5.41) is 3.35. The molecule has 0 spiro atoms. The molecule has 0 saturated heterocycles. The van der Waals surface area contributed by atoms with Gasteiger partial charge in [0, 0.05) is 24.3 Å². The Morgan fingerprint density at radius 3 is 3.06 bits per heavy atom. The Bertz CT molecular complexity index is 323. The van der Waals surface area contributed by atoms with Crippen molar-refractivity contribution in [2.24, 2.45) is 0 Å². The lowest BCUT2D eigenvalue weighted by Crippen LogP contribution is -2.22. The van der Waals surface area contributed by atoms with E-state index in [1.807, 2.05) is 18.2 Å². The van der Waals surface area contributed by atoms with Crippen LogP contribution in [0.3, 0.4) is 0 Å². The zero-order valence-corrected chi connectivity index (χ0v) is 10.1. The fourth-order valence-corrected chi connectivity index (χ4v) is 1.24. The minimum absolute atomic E-state index is 0.459. The smallest absolute Gasteiger partial charge is 0.217 e. The van der Waals surface area contributed by atoms with E-state index in [0.717, 1.165) is 24.4 Å². The molecular weight excluding hydrogens is 200 g/mol. The van der Waals surface area contributed by atoms with Gasteiger partial charge in [0.25, 0.3) is 0 Å². The fraction of sp³-hybridized carbons (Fsp3) is 0.462. The first-order chi connectivity index (χ1) is 7.74. The molecule has 3 nitrogen and oxygen atoms in total. The van der Waals surface area contributed by atoms with Crippen molar-refractivity contribution in [3.05, 3.63) is 36.5 Å². The van der Waals surface area contributed by atoms with Crippen LogP contribution in [-0.4, -0.2) is 17.6 Å². The Balaban J connectivity index is 2.56. The molecule has 1 rings (SSSR count). The number of rotatable bonds is 7. The van der Waals surface area contributed by atoms with Gasteiger partial charge >= 0.3 is 0 Å². The van der Waals surface area contributed by atoms with Gasteiger partial charge in [-0.25, -0.2) is 4.98 Å². The lowest BCUT2D eigenvalue weighted by Gasteiger charge is -2.12. The van der Waals surface area contributed by atoms with Crippen molar-refractivity contribution in [1.29, 1.82) is 0 Å². The Morgan fingerprint density at radius 1 is 1.56 bits per heavy atom. The van der Waals surface area contributed by atoms with Crippen molar-refractivity contribution < 1.29 is 4.74 Å². The van der Waals surface area contributed by atoms with Gasteiger partial charge in [0.15, 0.2) is 0 Å². The third-order valence-corrected chi connectivity index (χ3v) is 2.11. The van der Waals surface area contributed by atoms with Gasteiger partial charge in [-0.3, -0.25) is 0 Å². The Kier molecular flexibility index (Phi) is 5.57. The van der Waals surface area contributed by atoms with E-state index in [2.05, 4.69) is 30.7 Å². The summed E-state index contributed by atoms with van der Waals surface area (Å²) in [6.07, 6.45) is 4.44. The number of nitrogens with zero attached hydrogens (tertiary/aromatic N) is 1. The maximum atomic E-state index is 5.59. The van der Waals surface area contributed by atoms with Gasteiger partial charge in [-0.1, -0.05) is 26.0 Å². The minimum Gasteiger partial charge on any atom is -0.477 e. The van der Waals surface area contributed by atoms with Gasteiger partial charge in [0.05, 0.1) is 6.61 Å². The first kappa shape index (κ1) is 12.7. The second-order valence-electron chi connectivity index (χ2n) is 3.93. The van der Waals surface area contributed by atoms with Crippen molar-refractivity contribution in [2.75, 3.05) is 6.61 Å². The lowest BCUT2D eigenvalue weighted by molar-refractivity contribution is 0.307. The highest BCUT2D eigenvalue weighted by molar-refractivity contribution is 5.25. The van der Waals surface area contributed by atoms with Crippen LogP contribution in [0.15, 0.2) is 31.0 Å². The molecule has 0 unspecified atom stereocenters. The van der Waals surface area contributed by atoms with Crippen molar-refractivity contribution in [3.8, 4) is 5.88 Å². The summed E-state index contributed by atoms with van der Waals surface area (Å²) in [6.45, 7) is 9.32. The first-order valence-electron chi connectivity index (χ1n) is 5.65. The summed E-state index contributed by atoms with van der Waals surface area (Å²) < 4.78 is 5.59. The molecule has 1 heterocycles.